The van der Waals surface area contributed by atoms with Crippen LogP contribution in [0.1, 0.15) is 56.4 Å². The number of carbonyl (C=O) groups is 4. The number of amides is 4. The number of rotatable bonds is 16. The monoisotopic (exact) mass is 810 g/mol. The summed E-state index contributed by atoms with van der Waals surface area (Å²) < 4.78 is 9.44. The molecule has 0 radical (unpaired) electrons. The van der Waals surface area contributed by atoms with Crippen LogP contribution in [0.3, 0.4) is 0 Å². The van der Waals surface area contributed by atoms with Crippen LogP contribution in [0.2, 0.25) is 0 Å². The number of ether oxygens (including phenoxy) is 2. The Hall–Kier alpha value is -6.96. The molecule has 14 nitrogen and oxygen atoms in total. The number of hydrogen-bond acceptors (Lipinski definition) is 8. The number of aromatic amines is 2. The first-order chi connectivity index (χ1) is 29.0. The normalized spacial score (nSPS) is 13.3. The van der Waals surface area contributed by atoms with Crippen molar-refractivity contribution in [2.24, 2.45) is 5.41 Å². The van der Waals surface area contributed by atoms with E-state index in [1.165, 1.54) is 14.2 Å². The van der Waals surface area contributed by atoms with Crippen molar-refractivity contribution in [3.8, 4) is 33.6 Å². The number of hydrogen-bond donors (Lipinski definition) is 4. The number of H-pyrrole nitrogens is 2. The van der Waals surface area contributed by atoms with Gasteiger partial charge in [-0.2, -0.15) is 0 Å². The van der Waals surface area contributed by atoms with E-state index in [-0.39, 0.29) is 30.3 Å². The standard InChI is InChI=1S/C46H50N8O6/c1-5-21-53(41(55)26-49-44(57)59-3)27-39-48-25-38(51-39)36-18-17-34-22-33(15-16-35(34)23-36)30-11-13-31(14-12-30)37-24-47-40(50-37)28-54(29-46(2)19-20-46)43(56)42(52-45(58)60-4)32-9-7-6-8-10-32/h6-18,22-25,42H,5,19-21,26-29H2,1-4H3,(H,47,50)(H,48,51)(H,49,57)(H,52,58)/t42-/m1/s1. The molecule has 2 aromatic heterocycles. The number of carbonyl (C=O) groups excluding carboxylic acids is 4. The molecule has 2 heterocycles. The molecule has 0 unspecified atom stereocenters. The van der Waals surface area contributed by atoms with Gasteiger partial charge in [-0.05, 0) is 69.8 Å². The SMILES string of the molecule is CCCN(Cc1ncc(-c2ccc3cc(-c4ccc(-c5cnc(CN(CC6(C)CC6)C(=O)[C@H](NC(=O)OC)c6ccccc6)[nH]5)cc4)ccc3c2)[nH]1)C(=O)CNC(=O)OC. The fraction of sp³-hybridized carbons (Fsp3) is 0.304. The van der Waals surface area contributed by atoms with Crippen LogP contribution in [0, 0.1) is 5.41 Å². The molecular weight excluding hydrogens is 761 g/mol. The highest BCUT2D eigenvalue weighted by molar-refractivity contribution is 5.91. The molecule has 0 aliphatic heterocycles. The Labute approximate surface area is 348 Å². The van der Waals surface area contributed by atoms with Crippen molar-refractivity contribution in [2.75, 3.05) is 33.9 Å². The van der Waals surface area contributed by atoms with Gasteiger partial charge in [0.1, 0.15) is 24.2 Å². The third kappa shape index (κ3) is 10.0. The van der Waals surface area contributed by atoms with E-state index in [0.717, 1.165) is 63.7 Å². The van der Waals surface area contributed by atoms with Crippen molar-refractivity contribution in [3.63, 3.8) is 0 Å². The molecule has 1 fully saturated rings. The van der Waals surface area contributed by atoms with Gasteiger partial charge in [-0.3, -0.25) is 9.59 Å². The molecule has 60 heavy (non-hydrogen) atoms. The van der Waals surface area contributed by atoms with E-state index in [4.69, 9.17) is 4.74 Å². The molecule has 4 aromatic carbocycles. The Balaban J connectivity index is 1.02. The number of imidazole rings is 2. The van der Waals surface area contributed by atoms with E-state index >= 15 is 0 Å². The smallest absolute Gasteiger partial charge is 0.407 e. The summed E-state index contributed by atoms with van der Waals surface area (Å²) in [6.45, 7) is 5.63. The molecule has 7 rings (SSSR count). The molecule has 0 saturated heterocycles. The minimum atomic E-state index is -0.901. The van der Waals surface area contributed by atoms with E-state index in [0.29, 0.717) is 36.8 Å². The summed E-state index contributed by atoms with van der Waals surface area (Å²) in [6.07, 6.45) is 5.06. The summed E-state index contributed by atoms with van der Waals surface area (Å²) >= 11 is 0. The molecule has 14 heteroatoms. The van der Waals surface area contributed by atoms with Crippen LogP contribution in [0.4, 0.5) is 9.59 Å². The predicted molar refractivity (Wildman–Crippen MR) is 228 cm³/mol. The van der Waals surface area contributed by atoms with Gasteiger partial charge in [0, 0.05) is 18.7 Å². The predicted octanol–water partition coefficient (Wildman–Crippen LogP) is 7.61. The number of aromatic nitrogens is 4. The number of methoxy groups -OCH3 is 2. The summed E-state index contributed by atoms with van der Waals surface area (Å²) in [5, 5.41) is 7.35. The number of nitrogens with one attached hydrogen (secondary N) is 4. The maximum atomic E-state index is 14.1. The van der Waals surface area contributed by atoms with Crippen LogP contribution in [-0.4, -0.2) is 87.6 Å². The maximum absolute atomic E-state index is 14.1. The molecule has 1 saturated carbocycles. The fourth-order valence-corrected chi connectivity index (χ4v) is 7.21. The molecule has 1 atom stereocenters. The zero-order chi connectivity index (χ0) is 42.2. The molecule has 0 spiro atoms. The summed E-state index contributed by atoms with van der Waals surface area (Å²) in [5.74, 6) is 0.854. The van der Waals surface area contributed by atoms with Crippen molar-refractivity contribution in [1.82, 2.24) is 40.4 Å². The molecule has 4 amide bonds. The van der Waals surface area contributed by atoms with Crippen molar-refractivity contribution in [1.29, 1.82) is 0 Å². The average Bonchev–Trinajstić information content (AvgIpc) is 3.58. The molecule has 1 aliphatic rings. The van der Waals surface area contributed by atoms with Gasteiger partial charge in [0.25, 0.3) is 0 Å². The molecule has 4 N–H and O–H groups in total. The summed E-state index contributed by atoms with van der Waals surface area (Å²) in [5.41, 5.74) is 6.45. The Kier molecular flexibility index (Phi) is 12.6. The van der Waals surface area contributed by atoms with Gasteiger partial charge in [0.2, 0.25) is 11.8 Å². The lowest BCUT2D eigenvalue weighted by atomic mass is 9.98. The van der Waals surface area contributed by atoms with Crippen molar-refractivity contribution >= 4 is 34.8 Å². The van der Waals surface area contributed by atoms with E-state index in [1.807, 2.05) is 37.3 Å². The molecular formula is C46H50N8O6. The van der Waals surface area contributed by atoms with E-state index in [1.54, 1.807) is 22.2 Å². The van der Waals surface area contributed by atoms with Crippen LogP contribution >= 0.6 is 0 Å². The lowest BCUT2D eigenvalue weighted by molar-refractivity contribution is -0.135. The van der Waals surface area contributed by atoms with Crippen LogP contribution < -0.4 is 10.6 Å². The number of benzene rings is 4. The summed E-state index contributed by atoms with van der Waals surface area (Å²) in [6, 6.07) is 29.2. The fourth-order valence-electron chi connectivity index (χ4n) is 7.21. The van der Waals surface area contributed by atoms with Crippen LogP contribution in [0.25, 0.3) is 44.4 Å². The quantitative estimate of drug-likeness (QED) is 0.0773. The second-order valence-corrected chi connectivity index (χ2v) is 15.5. The highest BCUT2D eigenvalue weighted by Crippen LogP contribution is 2.46. The molecule has 0 bridgehead atoms. The Morgan fingerprint density at radius 2 is 1.30 bits per heavy atom. The van der Waals surface area contributed by atoms with Gasteiger partial charge < -0.3 is 39.9 Å². The second kappa shape index (κ2) is 18.3. The first-order valence-electron chi connectivity index (χ1n) is 20.1. The van der Waals surface area contributed by atoms with Crippen LogP contribution in [0.15, 0.2) is 103 Å². The van der Waals surface area contributed by atoms with Gasteiger partial charge in [0.15, 0.2) is 0 Å². The number of alkyl carbamates (subject to hydrolysis) is 2. The van der Waals surface area contributed by atoms with Crippen molar-refractivity contribution in [3.05, 3.63) is 121 Å². The lowest BCUT2D eigenvalue weighted by Crippen LogP contribution is -2.44. The highest BCUT2D eigenvalue weighted by Gasteiger charge is 2.41. The van der Waals surface area contributed by atoms with Gasteiger partial charge in [-0.25, -0.2) is 19.6 Å². The van der Waals surface area contributed by atoms with E-state index in [2.05, 4.69) is 103 Å². The minimum absolute atomic E-state index is 0.0246. The Morgan fingerprint density at radius 3 is 1.92 bits per heavy atom. The van der Waals surface area contributed by atoms with Crippen molar-refractivity contribution in [2.45, 2.75) is 52.2 Å². The topological polar surface area (TPSA) is 175 Å². The first-order valence-corrected chi connectivity index (χ1v) is 20.1. The van der Waals surface area contributed by atoms with E-state index < -0.39 is 18.2 Å². The highest BCUT2D eigenvalue weighted by atomic mass is 16.5. The summed E-state index contributed by atoms with van der Waals surface area (Å²) in [4.78, 5) is 70.0. The van der Waals surface area contributed by atoms with E-state index in [9.17, 15) is 19.2 Å². The molecule has 6 aromatic rings. The second-order valence-electron chi connectivity index (χ2n) is 15.5. The van der Waals surface area contributed by atoms with Gasteiger partial charge in [-0.1, -0.05) is 92.7 Å². The number of fused-ring (bicyclic) bond motifs is 1. The van der Waals surface area contributed by atoms with Gasteiger partial charge in [0.05, 0.1) is 51.1 Å². The van der Waals surface area contributed by atoms with Crippen LogP contribution in [0.5, 0.6) is 0 Å². The minimum Gasteiger partial charge on any atom is -0.453 e. The first kappa shape index (κ1) is 41.2. The third-order valence-electron chi connectivity index (χ3n) is 10.8. The third-order valence-corrected chi connectivity index (χ3v) is 10.8. The van der Waals surface area contributed by atoms with Gasteiger partial charge in [-0.15, -0.1) is 0 Å². The Morgan fingerprint density at radius 1 is 0.733 bits per heavy atom. The molecule has 1 aliphatic carbocycles. The number of nitrogens with zero attached hydrogens (tertiary/aromatic N) is 4. The summed E-state index contributed by atoms with van der Waals surface area (Å²) in [7, 11) is 2.54. The Bertz CT molecular complexity index is 2460. The van der Waals surface area contributed by atoms with Gasteiger partial charge >= 0.3 is 12.2 Å². The van der Waals surface area contributed by atoms with Crippen molar-refractivity contribution < 1.29 is 28.7 Å². The zero-order valence-corrected chi connectivity index (χ0v) is 34.3. The average molecular weight is 811 g/mol. The lowest BCUT2D eigenvalue weighted by Gasteiger charge is -2.29. The largest absolute Gasteiger partial charge is 0.453 e. The zero-order valence-electron chi connectivity index (χ0n) is 34.3. The molecule has 310 valence electrons. The maximum Gasteiger partial charge on any atom is 0.407 e. The van der Waals surface area contributed by atoms with Crippen LogP contribution in [-0.2, 0) is 32.2 Å².